The molecule has 0 aromatic rings. The zero-order valence-corrected chi connectivity index (χ0v) is 7.72. The molecule has 4 nitrogen and oxygen atoms in total. The van der Waals surface area contributed by atoms with Crippen LogP contribution in [0.5, 0.6) is 0 Å². The van der Waals surface area contributed by atoms with Gasteiger partial charge in [-0.15, -0.1) is 0 Å². The second kappa shape index (κ2) is 3.74. The first kappa shape index (κ1) is 9.12. The summed E-state index contributed by atoms with van der Waals surface area (Å²) in [7, 11) is 0. The number of carbonyl (C=O) groups excluding carboxylic acids is 1. The second-order valence-electron chi connectivity index (χ2n) is 3.96. The number of aliphatic hydroxyl groups is 1. The third-order valence-corrected chi connectivity index (χ3v) is 3.01. The Bertz CT molecular complexity index is 198. The van der Waals surface area contributed by atoms with E-state index in [0.29, 0.717) is 12.6 Å². The van der Waals surface area contributed by atoms with E-state index in [9.17, 15) is 9.90 Å². The molecule has 2 fully saturated rings. The molecule has 0 radical (unpaired) electrons. The zero-order chi connectivity index (χ0) is 9.26. The average molecular weight is 184 g/mol. The lowest BCUT2D eigenvalue weighted by Gasteiger charge is -2.36. The maximum absolute atomic E-state index is 10.3. The number of aldehydes is 1. The van der Waals surface area contributed by atoms with Crippen LogP contribution < -0.4 is 0 Å². The van der Waals surface area contributed by atoms with Crippen LogP contribution in [-0.4, -0.2) is 66.1 Å². The minimum Gasteiger partial charge on any atom is -0.392 e. The Kier molecular flexibility index (Phi) is 2.62. The molecule has 2 aliphatic heterocycles. The van der Waals surface area contributed by atoms with Crippen molar-refractivity contribution in [3.63, 3.8) is 0 Å². The van der Waals surface area contributed by atoms with Gasteiger partial charge in [0.15, 0.2) is 0 Å². The Labute approximate surface area is 78.1 Å². The summed E-state index contributed by atoms with van der Waals surface area (Å²) in [6.45, 7) is 4.26. The van der Waals surface area contributed by atoms with E-state index in [1.807, 2.05) is 0 Å². The maximum Gasteiger partial charge on any atom is 0.133 e. The van der Waals surface area contributed by atoms with Crippen LogP contribution in [0.25, 0.3) is 0 Å². The van der Waals surface area contributed by atoms with E-state index >= 15 is 0 Å². The predicted molar refractivity (Wildman–Crippen MR) is 48.5 cm³/mol. The summed E-state index contributed by atoms with van der Waals surface area (Å²) >= 11 is 0. The fraction of sp³-hybridized carbons (Fsp3) is 0.889. The minimum absolute atomic E-state index is 0.152. The number of nitrogens with zero attached hydrogens (tertiary/aromatic N) is 2. The molecular formula is C9H16N2O2. The smallest absolute Gasteiger partial charge is 0.133 e. The van der Waals surface area contributed by atoms with E-state index in [0.717, 1.165) is 38.9 Å². The number of piperazine rings is 1. The normalized spacial score (nSPS) is 36.1. The summed E-state index contributed by atoms with van der Waals surface area (Å²) < 4.78 is 0. The summed E-state index contributed by atoms with van der Waals surface area (Å²) in [5, 5.41) is 9.45. The van der Waals surface area contributed by atoms with Crippen LogP contribution in [0.2, 0.25) is 0 Å². The van der Waals surface area contributed by atoms with Crippen molar-refractivity contribution in [3.05, 3.63) is 0 Å². The van der Waals surface area contributed by atoms with Gasteiger partial charge in [0, 0.05) is 32.2 Å². The van der Waals surface area contributed by atoms with Crippen molar-refractivity contribution >= 4 is 6.29 Å². The van der Waals surface area contributed by atoms with Gasteiger partial charge < -0.3 is 9.90 Å². The quantitative estimate of drug-likeness (QED) is 0.555. The van der Waals surface area contributed by atoms with Crippen molar-refractivity contribution < 1.29 is 9.90 Å². The molecule has 2 heterocycles. The van der Waals surface area contributed by atoms with Gasteiger partial charge in [0.05, 0.1) is 12.6 Å². The molecule has 2 saturated heterocycles. The Morgan fingerprint density at radius 2 is 2.23 bits per heavy atom. The molecule has 0 aliphatic carbocycles. The first-order valence-electron chi connectivity index (χ1n) is 4.87. The molecule has 1 N–H and O–H groups in total. The number of fused-ring (bicyclic) bond motifs is 1. The van der Waals surface area contributed by atoms with E-state index in [1.165, 1.54) is 0 Å². The lowest BCUT2D eigenvalue weighted by atomic mass is 10.1. The molecule has 0 spiro atoms. The topological polar surface area (TPSA) is 43.8 Å². The Morgan fingerprint density at radius 1 is 1.38 bits per heavy atom. The van der Waals surface area contributed by atoms with Gasteiger partial charge in [0.1, 0.15) is 6.29 Å². The Balaban J connectivity index is 1.89. The van der Waals surface area contributed by atoms with Crippen molar-refractivity contribution in [2.24, 2.45) is 0 Å². The molecule has 0 aromatic carbocycles. The number of carbonyl (C=O) groups is 1. The van der Waals surface area contributed by atoms with Crippen LogP contribution in [-0.2, 0) is 4.79 Å². The van der Waals surface area contributed by atoms with Gasteiger partial charge in [-0.25, -0.2) is 0 Å². The number of aliphatic hydroxyl groups excluding tert-OH is 1. The highest BCUT2D eigenvalue weighted by atomic mass is 16.3. The predicted octanol–water partition coefficient (Wildman–Crippen LogP) is -1.06. The SMILES string of the molecule is O=CCN1CCN2CC(O)CC2C1. The van der Waals surface area contributed by atoms with Gasteiger partial charge in [0.25, 0.3) is 0 Å². The highest BCUT2D eigenvalue weighted by molar-refractivity contribution is 5.52. The summed E-state index contributed by atoms with van der Waals surface area (Å²) in [5.74, 6) is 0. The molecule has 0 bridgehead atoms. The van der Waals surface area contributed by atoms with Crippen LogP contribution in [0, 0.1) is 0 Å². The van der Waals surface area contributed by atoms with Gasteiger partial charge in [-0.2, -0.15) is 0 Å². The molecule has 13 heavy (non-hydrogen) atoms. The molecule has 74 valence electrons. The average Bonchev–Trinajstić information content (AvgIpc) is 2.44. The fourth-order valence-electron chi connectivity index (χ4n) is 2.35. The molecule has 4 heteroatoms. The van der Waals surface area contributed by atoms with Crippen LogP contribution in [0.15, 0.2) is 0 Å². The van der Waals surface area contributed by atoms with Crippen molar-refractivity contribution in [2.75, 3.05) is 32.7 Å². The monoisotopic (exact) mass is 184 g/mol. The zero-order valence-electron chi connectivity index (χ0n) is 7.72. The summed E-state index contributed by atoms with van der Waals surface area (Å²) in [6.07, 6.45) is 1.68. The van der Waals surface area contributed by atoms with Crippen molar-refractivity contribution in [1.29, 1.82) is 0 Å². The van der Waals surface area contributed by atoms with Crippen molar-refractivity contribution in [3.8, 4) is 0 Å². The van der Waals surface area contributed by atoms with Crippen LogP contribution in [0.1, 0.15) is 6.42 Å². The van der Waals surface area contributed by atoms with E-state index in [1.54, 1.807) is 0 Å². The van der Waals surface area contributed by atoms with E-state index < -0.39 is 0 Å². The molecule has 0 saturated carbocycles. The lowest BCUT2D eigenvalue weighted by molar-refractivity contribution is -0.109. The Hall–Kier alpha value is -0.450. The highest BCUT2D eigenvalue weighted by Crippen LogP contribution is 2.21. The molecular weight excluding hydrogens is 168 g/mol. The third-order valence-electron chi connectivity index (χ3n) is 3.01. The van der Waals surface area contributed by atoms with E-state index in [4.69, 9.17) is 0 Å². The number of hydrogen-bond acceptors (Lipinski definition) is 4. The summed E-state index contributed by atoms with van der Waals surface area (Å²) in [4.78, 5) is 14.8. The van der Waals surface area contributed by atoms with Crippen molar-refractivity contribution in [2.45, 2.75) is 18.6 Å². The van der Waals surface area contributed by atoms with Gasteiger partial charge in [-0.1, -0.05) is 0 Å². The molecule has 0 aromatic heterocycles. The fourth-order valence-corrected chi connectivity index (χ4v) is 2.35. The van der Waals surface area contributed by atoms with Gasteiger partial charge in [-0.05, 0) is 6.42 Å². The first-order valence-corrected chi connectivity index (χ1v) is 4.87. The van der Waals surface area contributed by atoms with Crippen LogP contribution in [0.4, 0.5) is 0 Å². The standard InChI is InChI=1S/C9H16N2O2/c12-4-3-10-1-2-11-7-9(13)5-8(11)6-10/h4,8-9,13H,1-3,5-7H2. The molecule has 2 rings (SSSR count). The minimum atomic E-state index is -0.152. The second-order valence-corrected chi connectivity index (χ2v) is 3.96. The number of rotatable bonds is 2. The maximum atomic E-state index is 10.3. The molecule has 2 aliphatic rings. The van der Waals surface area contributed by atoms with Crippen molar-refractivity contribution in [1.82, 2.24) is 9.80 Å². The largest absolute Gasteiger partial charge is 0.392 e. The lowest BCUT2D eigenvalue weighted by Crippen LogP contribution is -2.50. The first-order chi connectivity index (χ1) is 6.29. The van der Waals surface area contributed by atoms with E-state index in [2.05, 4.69) is 9.80 Å². The molecule has 2 unspecified atom stereocenters. The summed E-state index contributed by atoms with van der Waals surface area (Å²) in [6, 6.07) is 0.476. The highest BCUT2D eigenvalue weighted by Gasteiger charge is 2.34. The third kappa shape index (κ3) is 1.90. The Morgan fingerprint density at radius 3 is 3.00 bits per heavy atom. The summed E-state index contributed by atoms with van der Waals surface area (Å²) in [5.41, 5.74) is 0. The van der Waals surface area contributed by atoms with Crippen LogP contribution >= 0.6 is 0 Å². The van der Waals surface area contributed by atoms with Gasteiger partial charge in [-0.3, -0.25) is 9.80 Å². The van der Waals surface area contributed by atoms with Gasteiger partial charge in [0.2, 0.25) is 0 Å². The van der Waals surface area contributed by atoms with Crippen LogP contribution in [0.3, 0.4) is 0 Å². The molecule has 2 atom stereocenters. The number of hydrogen-bond donors (Lipinski definition) is 1. The van der Waals surface area contributed by atoms with E-state index in [-0.39, 0.29) is 6.10 Å². The van der Waals surface area contributed by atoms with Gasteiger partial charge >= 0.3 is 0 Å². The molecule has 0 amide bonds.